The van der Waals surface area contributed by atoms with Crippen LogP contribution >= 0.6 is 0 Å². The van der Waals surface area contributed by atoms with E-state index in [-0.39, 0.29) is 5.75 Å². The molecule has 0 heterocycles. The van der Waals surface area contributed by atoms with Crippen molar-refractivity contribution in [1.82, 2.24) is 0 Å². The monoisotopic (exact) mass is 314 g/mol. The maximum Gasteiger partial charge on any atom is 0.416 e. The summed E-state index contributed by atoms with van der Waals surface area (Å²) in [7, 11) is 0. The molecular weight excluding hydrogens is 289 g/mol. The van der Waals surface area contributed by atoms with Crippen molar-refractivity contribution in [3.05, 3.63) is 42.0 Å². The average Bonchev–Trinajstić information content (AvgIpc) is 2.49. The fraction of sp³-hybridized carbons (Fsp3) is 0.556. The second-order valence-corrected chi connectivity index (χ2v) is 5.55. The smallest absolute Gasteiger partial charge is 0.416 e. The van der Waals surface area contributed by atoms with Gasteiger partial charge in [-0.1, -0.05) is 45.4 Å². The second-order valence-electron chi connectivity index (χ2n) is 5.55. The lowest BCUT2D eigenvalue weighted by atomic mass is 9.89. The van der Waals surface area contributed by atoms with Crippen LogP contribution in [-0.4, -0.2) is 6.61 Å². The number of rotatable bonds is 8. The predicted molar refractivity (Wildman–Crippen MR) is 83.9 cm³/mol. The van der Waals surface area contributed by atoms with E-state index in [1.807, 2.05) is 0 Å². The zero-order chi connectivity index (χ0) is 16.6. The zero-order valence-corrected chi connectivity index (χ0v) is 13.5. The largest absolute Gasteiger partial charge is 0.493 e. The molecule has 124 valence electrons. The fourth-order valence-corrected chi connectivity index (χ4v) is 2.31. The summed E-state index contributed by atoms with van der Waals surface area (Å²) in [5.41, 5.74) is -0.677. The van der Waals surface area contributed by atoms with Gasteiger partial charge in [-0.15, -0.1) is 0 Å². The molecule has 0 spiro atoms. The van der Waals surface area contributed by atoms with Crippen LogP contribution in [0.5, 0.6) is 5.75 Å². The van der Waals surface area contributed by atoms with Gasteiger partial charge >= 0.3 is 6.18 Å². The molecule has 0 fully saturated rings. The summed E-state index contributed by atoms with van der Waals surface area (Å²) in [5, 5.41) is 0. The Morgan fingerprint density at radius 1 is 1.18 bits per heavy atom. The first-order valence-corrected chi connectivity index (χ1v) is 7.85. The topological polar surface area (TPSA) is 9.23 Å². The molecule has 4 heteroatoms. The first-order chi connectivity index (χ1) is 10.4. The molecule has 0 radical (unpaired) electrons. The van der Waals surface area contributed by atoms with E-state index in [1.54, 1.807) is 6.07 Å². The van der Waals surface area contributed by atoms with Crippen LogP contribution in [0.1, 0.15) is 45.6 Å². The predicted octanol–water partition coefficient (Wildman–Crippen LogP) is 6.10. The van der Waals surface area contributed by atoms with Gasteiger partial charge in [0.2, 0.25) is 0 Å². The number of hydrogen-bond donors (Lipinski definition) is 0. The molecule has 1 rings (SSSR count). The fourth-order valence-electron chi connectivity index (χ4n) is 2.31. The average molecular weight is 314 g/mol. The third kappa shape index (κ3) is 6.12. The molecule has 0 N–H and O–H groups in total. The molecule has 2 unspecified atom stereocenters. The van der Waals surface area contributed by atoms with Crippen LogP contribution in [0, 0.1) is 11.8 Å². The molecule has 0 aromatic heterocycles. The molecule has 0 amide bonds. The van der Waals surface area contributed by atoms with Crippen molar-refractivity contribution in [2.75, 3.05) is 6.61 Å². The van der Waals surface area contributed by atoms with E-state index in [0.29, 0.717) is 24.9 Å². The zero-order valence-electron chi connectivity index (χ0n) is 13.5. The van der Waals surface area contributed by atoms with Gasteiger partial charge in [-0.25, -0.2) is 0 Å². The van der Waals surface area contributed by atoms with Gasteiger partial charge in [0.25, 0.3) is 0 Å². The van der Waals surface area contributed by atoms with E-state index in [0.717, 1.165) is 25.0 Å². The molecule has 1 aromatic rings. The van der Waals surface area contributed by atoms with Crippen LogP contribution in [-0.2, 0) is 6.18 Å². The first-order valence-electron chi connectivity index (χ1n) is 7.85. The summed E-state index contributed by atoms with van der Waals surface area (Å²) in [6.45, 7) is 6.96. The third-order valence-corrected chi connectivity index (χ3v) is 3.94. The maximum absolute atomic E-state index is 12.6. The van der Waals surface area contributed by atoms with Crippen molar-refractivity contribution < 1.29 is 17.9 Å². The summed E-state index contributed by atoms with van der Waals surface area (Å²) in [4.78, 5) is 0. The van der Waals surface area contributed by atoms with Gasteiger partial charge in [-0.05, 0) is 42.9 Å². The van der Waals surface area contributed by atoms with Crippen molar-refractivity contribution in [3.8, 4) is 5.75 Å². The number of benzene rings is 1. The van der Waals surface area contributed by atoms with Crippen LogP contribution in [0.4, 0.5) is 13.2 Å². The van der Waals surface area contributed by atoms with E-state index in [1.165, 1.54) is 6.07 Å². The first kappa shape index (κ1) is 18.6. The highest BCUT2D eigenvalue weighted by molar-refractivity contribution is 5.30. The second kappa shape index (κ2) is 8.86. The number of allylic oxidation sites excluding steroid dienone is 1. The minimum Gasteiger partial charge on any atom is -0.493 e. The van der Waals surface area contributed by atoms with Gasteiger partial charge in [0.1, 0.15) is 5.75 Å². The lowest BCUT2D eigenvalue weighted by Crippen LogP contribution is -2.07. The van der Waals surface area contributed by atoms with Crippen molar-refractivity contribution in [1.29, 1.82) is 0 Å². The maximum atomic E-state index is 12.6. The van der Waals surface area contributed by atoms with E-state index >= 15 is 0 Å². The molecule has 0 aliphatic rings. The lowest BCUT2D eigenvalue weighted by Gasteiger charge is -2.17. The van der Waals surface area contributed by atoms with Gasteiger partial charge in [0.05, 0.1) is 12.2 Å². The Bertz CT molecular complexity index is 466. The highest BCUT2D eigenvalue weighted by Gasteiger charge is 2.30. The Hall–Kier alpha value is -1.45. The number of halogens is 3. The number of ether oxygens (including phenoxy) is 1. The van der Waals surface area contributed by atoms with Crippen molar-refractivity contribution in [3.63, 3.8) is 0 Å². The molecule has 0 bridgehead atoms. The summed E-state index contributed by atoms with van der Waals surface area (Å²) in [5.74, 6) is 1.46. The van der Waals surface area contributed by atoms with Crippen LogP contribution in [0.3, 0.4) is 0 Å². The Morgan fingerprint density at radius 2 is 1.91 bits per heavy atom. The summed E-state index contributed by atoms with van der Waals surface area (Å²) in [6.07, 6.45) is 2.87. The van der Waals surface area contributed by atoms with Crippen molar-refractivity contribution >= 4 is 0 Å². The SMILES string of the molecule is CCC(C)C(/C=C/CCOc1cccc(C(F)(F)F)c1)CC. The molecular formula is C18H25F3O. The van der Waals surface area contributed by atoms with Gasteiger partial charge in [-0.3, -0.25) is 0 Å². The Labute approximate surface area is 131 Å². The number of alkyl halides is 3. The van der Waals surface area contributed by atoms with Gasteiger partial charge in [0, 0.05) is 0 Å². The van der Waals surface area contributed by atoms with Gasteiger partial charge < -0.3 is 4.74 Å². The molecule has 1 aromatic carbocycles. The van der Waals surface area contributed by atoms with Crippen molar-refractivity contribution in [2.24, 2.45) is 11.8 Å². The standard InChI is InChI=1S/C18H25F3O/c1-4-14(3)15(5-2)9-6-7-12-22-17-11-8-10-16(13-17)18(19,20)21/h6,8-11,13-15H,4-5,7,12H2,1-3H3/b9-6+. The van der Waals surface area contributed by atoms with Crippen molar-refractivity contribution in [2.45, 2.75) is 46.2 Å². The van der Waals surface area contributed by atoms with E-state index in [2.05, 4.69) is 32.9 Å². The molecule has 0 saturated carbocycles. The van der Waals surface area contributed by atoms with Crippen LogP contribution in [0.25, 0.3) is 0 Å². The molecule has 0 saturated heterocycles. The van der Waals surface area contributed by atoms with Crippen LogP contribution in [0.15, 0.2) is 36.4 Å². The highest BCUT2D eigenvalue weighted by atomic mass is 19.4. The van der Waals surface area contributed by atoms with Gasteiger partial charge in [-0.2, -0.15) is 13.2 Å². The van der Waals surface area contributed by atoms with E-state index in [9.17, 15) is 13.2 Å². The molecule has 0 aliphatic carbocycles. The summed E-state index contributed by atoms with van der Waals surface area (Å²) >= 11 is 0. The van der Waals surface area contributed by atoms with Crippen LogP contribution < -0.4 is 4.74 Å². The molecule has 22 heavy (non-hydrogen) atoms. The minimum atomic E-state index is -4.33. The summed E-state index contributed by atoms with van der Waals surface area (Å²) in [6, 6.07) is 5.00. The van der Waals surface area contributed by atoms with E-state index in [4.69, 9.17) is 4.74 Å². The Balaban J connectivity index is 2.45. The summed E-state index contributed by atoms with van der Waals surface area (Å²) < 4.78 is 43.1. The minimum absolute atomic E-state index is 0.261. The Morgan fingerprint density at radius 3 is 2.50 bits per heavy atom. The quantitative estimate of drug-likeness (QED) is 0.416. The molecule has 0 aliphatic heterocycles. The van der Waals surface area contributed by atoms with Crippen LogP contribution in [0.2, 0.25) is 0 Å². The molecule has 1 nitrogen and oxygen atoms in total. The highest BCUT2D eigenvalue weighted by Crippen LogP contribution is 2.31. The number of hydrogen-bond acceptors (Lipinski definition) is 1. The lowest BCUT2D eigenvalue weighted by molar-refractivity contribution is -0.137. The molecule has 2 atom stereocenters. The van der Waals surface area contributed by atoms with E-state index < -0.39 is 11.7 Å². The van der Waals surface area contributed by atoms with Gasteiger partial charge in [0.15, 0.2) is 0 Å². The normalized spacial score (nSPS) is 15.0. The Kier molecular flexibility index (Phi) is 7.49. The third-order valence-electron chi connectivity index (χ3n) is 3.94.